The molecule has 65 heavy (non-hydrogen) atoms. The van der Waals surface area contributed by atoms with Gasteiger partial charge >= 0.3 is 5.97 Å². The van der Waals surface area contributed by atoms with Crippen molar-refractivity contribution < 1.29 is 42.2 Å². The number of hydrazine groups is 1. The van der Waals surface area contributed by atoms with Gasteiger partial charge in [0.15, 0.2) is 0 Å². The first kappa shape index (κ1) is 47.5. The zero-order chi connectivity index (χ0) is 46.7. The highest BCUT2D eigenvalue weighted by Gasteiger charge is 2.38. The molecule has 15 heteroatoms. The van der Waals surface area contributed by atoms with Crippen LogP contribution in [0.4, 0.5) is 8.78 Å². The molecule has 2 saturated heterocycles. The van der Waals surface area contributed by atoms with Crippen LogP contribution in [-0.4, -0.2) is 101 Å². The SMILES string of the molecule is C=CC(=O)N1CC(OCC(C(=O)N[C@H]2Cc3cc(cc(C(F)F)c3)-c3ccc4c(c3)c(c(-c3cccnc3C(C)OC)n4CC)CC(C)(C)COC(=O)[C@@H]3CCCN(N3)C2=O)C(C)C)C1. The van der Waals surface area contributed by atoms with Gasteiger partial charge in [-0.3, -0.25) is 29.2 Å². The van der Waals surface area contributed by atoms with E-state index in [1.165, 1.54) is 23.2 Å². The number of aryl methyl sites for hydroxylation is 1. The van der Waals surface area contributed by atoms with Crippen LogP contribution in [0.2, 0.25) is 0 Å². The fourth-order valence-electron chi connectivity index (χ4n) is 9.18. The van der Waals surface area contributed by atoms with Gasteiger partial charge in [-0.15, -0.1) is 0 Å². The highest BCUT2D eigenvalue weighted by molar-refractivity contribution is 5.95. The van der Waals surface area contributed by atoms with Crippen molar-refractivity contribution in [1.29, 1.82) is 0 Å². The number of ether oxygens (including phenoxy) is 3. The molecule has 0 aliphatic carbocycles. The molecule has 0 radical (unpaired) electrons. The van der Waals surface area contributed by atoms with E-state index < -0.39 is 47.6 Å². The van der Waals surface area contributed by atoms with Crippen molar-refractivity contribution in [2.75, 3.05) is 40.0 Å². The molecule has 0 spiro atoms. The average Bonchev–Trinajstić information content (AvgIpc) is 3.58. The summed E-state index contributed by atoms with van der Waals surface area (Å²) in [4.78, 5) is 61.1. The third-order valence-corrected chi connectivity index (χ3v) is 13.0. The Morgan fingerprint density at radius 3 is 2.55 bits per heavy atom. The lowest BCUT2D eigenvalue weighted by Crippen LogP contribution is -2.61. The van der Waals surface area contributed by atoms with Crippen LogP contribution in [0.5, 0.6) is 0 Å². The van der Waals surface area contributed by atoms with Gasteiger partial charge in [0.05, 0.1) is 42.7 Å². The van der Waals surface area contributed by atoms with Crippen molar-refractivity contribution >= 4 is 34.6 Å². The predicted octanol–water partition coefficient (Wildman–Crippen LogP) is 7.37. The number of cyclic esters (lactones) is 1. The number of methoxy groups -OCH3 is 1. The molecular weight excluding hydrogens is 835 g/mol. The first-order valence-electron chi connectivity index (χ1n) is 22.6. The van der Waals surface area contributed by atoms with E-state index in [9.17, 15) is 28.0 Å². The van der Waals surface area contributed by atoms with Gasteiger partial charge in [0.2, 0.25) is 11.8 Å². The van der Waals surface area contributed by atoms with Crippen LogP contribution in [0, 0.1) is 17.3 Å². The monoisotopic (exact) mass is 896 g/mol. The van der Waals surface area contributed by atoms with Crippen molar-refractivity contribution in [1.82, 2.24) is 30.2 Å². The maximum atomic E-state index is 14.9. The predicted molar refractivity (Wildman–Crippen MR) is 243 cm³/mol. The van der Waals surface area contributed by atoms with Crippen molar-refractivity contribution in [2.45, 2.75) is 104 Å². The second kappa shape index (κ2) is 19.9. The van der Waals surface area contributed by atoms with Crippen LogP contribution in [0.15, 0.2) is 67.4 Å². The van der Waals surface area contributed by atoms with Gasteiger partial charge in [-0.05, 0) is 97.7 Å². The van der Waals surface area contributed by atoms with Gasteiger partial charge in [-0.2, -0.15) is 0 Å². The van der Waals surface area contributed by atoms with E-state index in [1.807, 2.05) is 71.0 Å². The van der Waals surface area contributed by atoms with E-state index in [-0.39, 0.29) is 55.8 Å². The molecule has 4 aromatic rings. The largest absolute Gasteiger partial charge is 0.464 e. The van der Waals surface area contributed by atoms with Gasteiger partial charge in [0.25, 0.3) is 12.3 Å². The minimum absolute atomic E-state index is 0.0435. The second-order valence-corrected chi connectivity index (χ2v) is 18.7. The van der Waals surface area contributed by atoms with Crippen LogP contribution >= 0.6 is 0 Å². The molecule has 0 saturated carbocycles. The molecule has 2 unspecified atom stereocenters. The van der Waals surface area contributed by atoms with E-state index in [4.69, 9.17) is 19.2 Å². The number of alkyl halides is 2. The molecule has 6 bridgehead atoms. The molecule has 2 aromatic heterocycles. The lowest BCUT2D eigenvalue weighted by atomic mass is 9.84. The molecule has 348 valence electrons. The average molecular weight is 897 g/mol. The molecule has 3 aliphatic heterocycles. The number of aromatic nitrogens is 2. The summed E-state index contributed by atoms with van der Waals surface area (Å²) in [7, 11) is 1.65. The van der Waals surface area contributed by atoms with E-state index >= 15 is 0 Å². The summed E-state index contributed by atoms with van der Waals surface area (Å²) in [6, 6.07) is 12.5. The summed E-state index contributed by atoms with van der Waals surface area (Å²) in [5.74, 6) is -2.53. The second-order valence-electron chi connectivity index (χ2n) is 18.7. The normalized spacial score (nSPS) is 20.3. The number of benzene rings is 2. The number of rotatable bonds is 12. The molecule has 13 nitrogen and oxygen atoms in total. The Morgan fingerprint density at radius 1 is 1.09 bits per heavy atom. The Morgan fingerprint density at radius 2 is 1.86 bits per heavy atom. The zero-order valence-electron chi connectivity index (χ0n) is 38.5. The quantitative estimate of drug-likeness (QED) is 0.110. The number of hydrogen-bond acceptors (Lipinski definition) is 9. The summed E-state index contributed by atoms with van der Waals surface area (Å²) in [6.07, 6.45) is 0.876. The number of carbonyl (C=O) groups excluding carboxylic acids is 4. The Hall–Kier alpha value is -5.51. The first-order valence-corrected chi connectivity index (χ1v) is 22.6. The third kappa shape index (κ3) is 10.3. The molecule has 2 fully saturated rings. The maximum absolute atomic E-state index is 14.9. The smallest absolute Gasteiger partial charge is 0.324 e. The first-order chi connectivity index (χ1) is 31.0. The standard InChI is InChI=1S/C50H62F2N6O7/c1-9-43(59)56-25-35(26-56)64-27-39(29(3)4)47(60)54-41-21-31-19-33(22-34(20-31)46(51)52)32-15-16-42-37(23-32)38(45(57(42)10-2)36-13-11-17-53-44(36)30(5)63-8)24-50(6,7)28-65-49(62)40-14-12-18-58(55-40)48(41)61/h9,11,13,15-17,19-20,22-23,29-30,35,39-41,46,55H,1,10,12,14,18,21,24-28H2,2-8H3,(H,54,60)/t30?,39?,40-,41-/m0/s1. The van der Waals surface area contributed by atoms with Crippen molar-refractivity contribution in [3.63, 3.8) is 0 Å². The Balaban J connectivity index is 1.33. The number of esters is 1. The number of pyridine rings is 1. The Kier molecular flexibility index (Phi) is 14.5. The van der Waals surface area contributed by atoms with Gasteiger partial charge in [0.1, 0.15) is 12.1 Å². The van der Waals surface area contributed by atoms with Crippen molar-refractivity contribution in [3.05, 3.63) is 89.8 Å². The lowest BCUT2D eigenvalue weighted by Gasteiger charge is -2.39. The van der Waals surface area contributed by atoms with Gasteiger partial charge in [-0.25, -0.2) is 14.2 Å². The number of carbonyl (C=O) groups is 4. The van der Waals surface area contributed by atoms with Crippen molar-refractivity contribution in [3.8, 4) is 22.4 Å². The number of fused-ring (bicyclic) bond motifs is 6. The fraction of sp³-hybridized carbons (Fsp3) is 0.500. The number of nitrogens with one attached hydrogen (secondary N) is 2. The number of halogens is 2. The fourth-order valence-corrected chi connectivity index (χ4v) is 9.18. The minimum atomic E-state index is -2.82. The van der Waals surface area contributed by atoms with Crippen LogP contribution in [0.3, 0.4) is 0 Å². The summed E-state index contributed by atoms with van der Waals surface area (Å²) >= 11 is 0. The summed E-state index contributed by atoms with van der Waals surface area (Å²) < 4.78 is 50.0. The topological polar surface area (TPSA) is 144 Å². The molecule has 4 atom stereocenters. The minimum Gasteiger partial charge on any atom is -0.464 e. The summed E-state index contributed by atoms with van der Waals surface area (Å²) in [5, 5.41) is 5.23. The van der Waals surface area contributed by atoms with E-state index in [0.29, 0.717) is 55.6 Å². The summed E-state index contributed by atoms with van der Waals surface area (Å²) in [5.41, 5.74) is 8.48. The molecule has 3 amide bonds. The molecule has 3 aliphatic rings. The zero-order valence-corrected chi connectivity index (χ0v) is 38.5. The maximum Gasteiger partial charge on any atom is 0.324 e. The van der Waals surface area contributed by atoms with Gasteiger partial charge in [-0.1, -0.05) is 52.5 Å². The Labute approximate surface area is 379 Å². The van der Waals surface area contributed by atoms with E-state index in [1.54, 1.807) is 18.2 Å². The highest BCUT2D eigenvalue weighted by Crippen LogP contribution is 2.42. The van der Waals surface area contributed by atoms with Crippen molar-refractivity contribution in [2.24, 2.45) is 17.3 Å². The molecule has 2 N–H and O–H groups in total. The van der Waals surface area contributed by atoms with Gasteiger partial charge < -0.3 is 29.0 Å². The molecule has 2 aromatic carbocycles. The Bertz CT molecular complexity index is 2430. The number of amides is 3. The van der Waals surface area contributed by atoms with Crippen LogP contribution < -0.4 is 10.7 Å². The van der Waals surface area contributed by atoms with Crippen LogP contribution in [0.1, 0.15) is 89.3 Å². The van der Waals surface area contributed by atoms with Gasteiger partial charge in [0, 0.05) is 73.4 Å². The third-order valence-electron chi connectivity index (χ3n) is 13.0. The lowest BCUT2D eigenvalue weighted by molar-refractivity contribution is -0.155. The van der Waals surface area contributed by atoms with Crippen LogP contribution in [-0.2, 0) is 52.8 Å². The van der Waals surface area contributed by atoms with Crippen LogP contribution in [0.25, 0.3) is 33.3 Å². The van der Waals surface area contributed by atoms with E-state index in [2.05, 4.69) is 28.8 Å². The number of hydrogen-bond donors (Lipinski definition) is 2. The molecule has 5 heterocycles. The molecule has 7 rings (SSSR count). The van der Waals surface area contributed by atoms with E-state index in [0.717, 1.165) is 33.4 Å². The summed E-state index contributed by atoms with van der Waals surface area (Å²) in [6.45, 7) is 17.1. The number of likely N-dealkylation sites (tertiary alicyclic amines) is 1. The molecular formula is C50H62F2N6O7. The number of nitrogens with zero attached hydrogens (tertiary/aromatic N) is 4. The highest BCUT2D eigenvalue weighted by atomic mass is 19.3.